The zero-order valence-electron chi connectivity index (χ0n) is 16.1. The van der Waals surface area contributed by atoms with Crippen LogP contribution in [0.1, 0.15) is 32.6 Å². The van der Waals surface area contributed by atoms with E-state index in [1.807, 2.05) is 18.0 Å². The molecular formula is C21H27FN4O. The number of rotatable bonds is 6. The second-order valence-corrected chi connectivity index (χ2v) is 7.18. The Kier molecular flexibility index (Phi) is 6.37. The topological polar surface area (TPSA) is 49.3 Å². The smallest absolute Gasteiger partial charge is 0.227 e. The number of amides is 1. The van der Waals surface area contributed by atoms with Gasteiger partial charge in [-0.2, -0.15) is 0 Å². The summed E-state index contributed by atoms with van der Waals surface area (Å²) < 4.78 is 13.4. The quantitative estimate of drug-likeness (QED) is 0.777. The number of carbonyl (C=O) groups excluding carboxylic acids is 1. The highest BCUT2D eigenvalue weighted by molar-refractivity contribution is 5.79. The van der Waals surface area contributed by atoms with E-state index >= 15 is 0 Å². The number of carbonyl (C=O) groups is 1. The molecule has 1 aliphatic rings. The van der Waals surface area contributed by atoms with Gasteiger partial charge < -0.3 is 9.80 Å². The molecular weight excluding hydrogens is 343 g/mol. The van der Waals surface area contributed by atoms with E-state index in [4.69, 9.17) is 0 Å². The molecule has 27 heavy (non-hydrogen) atoms. The van der Waals surface area contributed by atoms with Crippen molar-refractivity contribution in [1.29, 1.82) is 0 Å². The lowest BCUT2D eigenvalue weighted by molar-refractivity contribution is -0.134. The highest BCUT2D eigenvalue weighted by Gasteiger charge is 2.28. The van der Waals surface area contributed by atoms with Crippen LogP contribution in [0, 0.1) is 11.7 Å². The first kappa shape index (κ1) is 19.3. The van der Waals surface area contributed by atoms with Crippen LogP contribution in [0.25, 0.3) is 11.1 Å². The number of nitrogens with zero attached hydrogens (tertiary/aromatic N) is 4. The van der Waals surface area contributed by atoms with Crippen molar-refractivity contribution < 1.29 is 9.18 Å². The number of benzene rings is 1. The third kappa shape index (κ3) is 4.81. The molecule has 1 aromatic heterocycles. The molecule has 1 aliphatic heterocycles. The first-order valence-electron chi connectivity index (χ1n) is 9.66. The van der Waals surface area contributed by atoms with Crippen LogP contribution in [0.4, 0.5) is 10.3 Å². The first-order chi connectivity index (χ1) is 13.1. The molecule has 144 valence electrons. The van der Waals surface area contributed by atoms with Gasteiger partial charge in [0, 0.05) is 44.6 Å². The van der Waals surface area contributed by atoms with Crippen molar-refractivity contribution in [1.82, 2.24) is 14.9 Å². The van der Waals surface area contributed by atoms with Crippen molar-refractivity contribution in [2.24, 2.45) is 5.92 Å². The van der Waals surface area contributed by atoms with Gasteiger partial charge in [0.25, 0.3) is 0 Å². The number of hydrogen-bond acceptors (Lipinski definition) is 4. The normalized spacial score (nSPS) is 17.0. The van der Waals surface area contributed by atoms with Crippen LogP contribution < -0.4 is 4.90 Å². The number of unbranched alkanes of at least 4 members (excludes halogenated alkanes) is 1. The van der Waals surface area contributed by atoms with Crippen molar-refractivity contribution in [3.05, 3.63) is 42.5 Å². The molecule has 1 aromatic carbocycles. The SMILES string of the molecule is CCCCN(C)C(=O)[C@@H]1CCCN(c2ncc(-c3cccc(F)c3)cn2)C1. The Morgan fingerprint density at radius 3 is 2.78 bits per heavy atom. The summed E-state index contributed by atoms with van der Waals surface area (Å²) in [6.07, 6.45) is 7.41. The van der Waals surface area contributed by atoms with E-state index in [0.717, 1.165) is 49.9 Å². The van der Waals surface area contributed by atoms with Crippen molar-refractivity contribution in [3.8, 4) is 11.1 Å². The summed E-state index contributed by atoms with van der Waals surface area (Å²) >= 11 is 0. The molecule has 1 saturated heterocycles. The molecule has 1 fully saturated rings. The van der Waals surface area contributed by atoms with Gasteiger partial charge >= 0.3 is 0 Å². The Morgan fingerprint density at radius 2 is 2.07 bits per heavy atom. The van der Waals surface area contributed by atoms with Gasteiger partial charge in [0.05, 0.1) is 5.92 Å². The van der Waals surface area contributed by atoms with Crippen LogP contribution in [-0.4, -0.2) is 47.5 Å². The number of halogens is 1. The highest BCUT2D eigenvalue weighted by Crippen LogP contribution is 2.24. The fourth-order valence-corrected chi connectivity index (χ4v) is 3.48. The van der Waals surface area contributed by atoms with E-state index in [1.165, 1.54) is 12.1 Å². The van der Waals surface area contributed by atoms with Crippen LogP contribution in [-0.2, 0) is 4.79 Å². The van der Waals surface area contributed by atoms with Crippen LogP contribution in [0.3, 0.4) is 0 Å². The summed E-state index contributed by atoms with van der Waals surface area (Å²) in [4.78, 5) is 25.5. The molecule has 3 rings (SSSR count). The maximum atomic E-state index is 13.4. The van der Waals surface area contributed by atoms with E-state index in [9.17, 15) is 9.18 Å². The lowest BCUT2D eigenvalue weighted by Gasteiger charge is -2.34. The van der Waals surface area contributed by atoms with E-state index in [2.05, 4.69) is 21.8 Å². The molecule has 0 bridgehead atoms. The molecule has 2 heterocycles. The average molecular weight is 370 g/mol. The van der Waals surface area contributed by atoms with E-state index < -0.39 is 0 Å². The minimum absolute atomic E-state index is 0.00731. The predicted octanol–water partition coefficient (Wildman–Crippen LogP) is 3.76. The van der Waals surface area contributed by atoms with Gasteiger partial charge in [0.2, 0.25) is 11.9 Å². The predicted molar refractivity (Wildman–Crippen MR) is 105 cm³/mol. The number of piperidine rings is 1. The number of anilines is 1. The molecule has 6 heteroatoms. The zero-order chi connectivity index (χ0) is 19.2. The van der Waals surface area contributed by atoms with Gasteiger partial charge in [0.15, 0.2) is 0 Å². The van der Waals surface area contributed by atoms with Crippen molar-refractivity contribution in [3.63, 3.8) is 0 Å². The van der Waals surface area contributed by atoms with Crippen LogP contribution in [0.2, 0.25) is 0 Å². The van der Waals surface area contributed by atoms with Gasteiger partial charge in [0.1, 0.15) is 5.82 Å². The second kappa shape index (κ2) is 8.93. The largest absolute Gasteiger partial charge is 0.345 e. The minimum atomic E-state index is -0.277. The van der Waals surface area contributed by atoms with Gasteiger partial charge in [-0.15, -0.1) is 0 Å². The standard InChI is InChI=1S/C21H27FN4O/c1-3-4-10-25(2)20(27)17-8-6-11-26(15-17)21-23-13-18(14-24-21)16-7-5-9-19(22)12-16/h5,7,9,12-14,17H,3-4,6,8,10-11,15H2,1-2H3/t17-/m1/s1. The molecule has 1 amide bonds. The molecule has 0 aliphatic carbocycles. The molecule has 0 saturated carbocycles. The fourth-order valence-electron chi connectivity index (χ4n) is 3.48. The number of hydrogen-bond donors (Lipinski definition) is 0. The summed E-state index contributed by atoms with van der Waals surface area (Å²) in [7, 11) is 1.89. The van der Waals surface area contributed by atoms with E-state index in [-0.39, 0.29) is 17.6 Å². The van der Waals surface area contributed by atoms with Crippen molar-refractivity contribution >= 4 is 11.9 Å². The summed E-state index contributed by atoms with van der Waals surface area (Å²) in [5.41, 5.74) is 1.54. The summed E-state index contributed by atoms with van der Waals surface area (Å²) in [6.45, 7) is 4.44. The third-order valence-electron chi connectivity index (χ3n) is 5.07. The molecule has 0 spiro atoms. The molecule has 0 N–H and O–H groups in total. The van der Waals surface area contributed by atoms with Crippen LogP contribution in [0.5, 0.6) is 0 Å². The van der Waals surface area contributed by atoms with E-state index in [1.54, 1.807) is 18.5 Å². The highest BCUT2D eigenvalue weighted by atomic mass is 19.1. The third-order valence-corrected chi connectivity index (χ3v) is 5.07. The van der Waals surface area contributed by atoms with Crippen LogP contribution >= 0.6 is 0 Å². The number of aromatic nitrogens is 2. The summed E-state index contributed by atoms with van der Waals surface area (Å²) in [5, 5.41) is 0. The first-order valence-corrected chi connectivity index (χ1v) is 9.66. The Labute approximate surface area is 160 Å². The average Bonchev–Trinajstić information content (AvgIpc) is 2.71. The Morgan fingerprint density at radius 1 is 1.30 bits per heavy atom. The van der Waals surface area contributed by atoms with Crippen molar-refractivity contribution in [2.75, 3.05) is 31.6 Å². The second-order valence-electron chi connectivity index (χ2n) is 7.18. The molecule has 1 atom stereocenters. The lowest BCUT2D eigenvalue weighted by atomic mass is 9.96. The van der Waals surface area contributed by atoms with Gasteiger partial charge in [-0.1, -0.05) is 25.5 Å². The summed E-state index contributed by atoms with van der Waals surface area (Å²) in [5.74, 6) is 0.557. The Bertz CT molecular complexity index is 765. The zero-order valence-corrected chi connectivity index (χ0v) is 16.1. The minimum Gasteiger partial charge on any atom is -0.345 e. The van der Waals surface area contributed by atoms with Gasteiger partial charge in [-0.05, 0) is 37.0 Å². The lowest BCUT2D eigenvalue weighted by Crippen LogP contribution is -2.44. The fraction of sp³-hybridized carbons (Fsp3) is 0.476. The molecule has 0 radical (unpaired) electrons. The maximum Gasteiger partial charge on any atom is 0.227 e. The monoisotopic (exact) mass is 370 g/mol. The van der Waals surface area contributed by atoms with Crippen LogP contribution in [0.15, 0.2) is 36.7 Å². The molecule has 0 unspecified atom stereocenters. The summed E-state index contributed by atoms with van der Waals surface area (Å²) in [6, 6.07) is 6.40. The molecule has 5 nitrogen and oxygen atoms in total. The van der Waals surface area contributed by atoms with Gasteiger partial charge in [-0.3, -0.25) is 4.79 Å². The van der Waals surface area contributed by atoms with E-state index in [0.29, 0.717) is 12.5 Å². The van der Waals surface area contributed by atoms with Gasteiger partial charge in [-0.25, -0.2) is 14.4 Å². The van der Waals surface area contributed by atoms with Crippen molar-refractivity contribution in [2.45, 2.75) is 32.6 Å². The molecule has 2 aromatic rings. The Hall–Kier alpha value is -2.50. The maximum absolute atomic E-state index is 13.4. The Balaban J connectivity index is 1.66.